The first-order valence-corrected chi connectivity index (χ1v) is 11.0. The largest absolute Gasteiger partial charge is 0.383 e. The Morgan fingerprint density at radius 1 is 1.15 bits per heavy atom. The number of amides is 3. The van der Waals surface area contributed by atoms with Crippen molar-refractivity contribution >= 4 is 35.0 Å². The van der Waals surface area contributed by atoms with E-state index in [-0.39, 0.29) is 41.7 Å². The molecule has 0 aromatic heterocycles. The Bertz CT molecular complexity index is 1150. The van der Waals surface area contributed by atoms with Gasteiger partial charge in [-0.2, -0.15) is 0 Å². The van der Waals surface area contributed by atoms with Crippen molar-refractivity contribution in [1.82, 2.24) is 9.80 Å². The van der Waals surface area contributed by atoms with Gasteiger partial charge in [0.05, 0.1) is 17.8 Å². The Hall–Kier alpha value is -2.97. The van der Waals surface area contributed by atoms with Crippen molar-refractivity contribution < 1.29 is 23.9 Å². The maximum absolute atomic E-state index is 14.4. The molecule has 1 unspecified atom stereocenters. The zero-order valence-corrected chi connectivity index (χ0v) is 19.3. The summed E-state index contributed by atoms with van der Waals surface area (Å²) in [5, 5.41) is 13.4. The molecule has 2 aliphatic heterocycles. The summed E-state index contributed by atoms with van der Waals surface area (Å²) in [6, 6.07) is 8.14. The second kappa shape index (κ2) is 8.43. The van der Waals surface area contributed by atoms with Crippen LogP contribution < -0.4 is 5.32 Å². The number of nitrogens with zero attached hydrogens (tertiary/aromatic N) is 2. The molecule has 2 heterocycles. The number of halogens is 2. The number of anilines is 1. The van der Waals surface area contributed by atoms with Crippen LogP contribution in [0.25, 0.3) is 11.1 Å². The van der Waals surface area contributed by atoms with Gasteiger partial charge in [0.2, 0.25) is 5.91 Å². The van der Waals surface area contributed by atoms with E-state index in [1.54, 1.807) is 45.0 Å². The molecule has 7 nitrogen and oxygen atoms in total. The third-order valence-electron chi connectivity index (χ3n) is 6.06. The van der Waals surface area contributed by atoms with Crippen molar-refractivity contribution in [1.29, 1.82) is 0 Å². The molecule has 0 saturated carbocycles. The highest BCUT2D eigenvalue weighted by Gasteiger charge is 2.42. The highest BCUT2D eigenvalue weighted by molar-refractivity contribution is 6.30. The molecule has 9 heteroatoms. The number of fused-ring (bicyclic) bond motifs is 2. The maximum Gasteiger partial charge on any atom is 0.256 e. The summed E-state index contributed by atoms with van der Waals surface area (Å²) < 4.78 is 14.4. The quantitative estimate of drug-likeness (QED) is 0.701. The summed E-state index contributed by atoms with van der Waals surface area (Å²) in [6.45, 7) is 5.58. The van der Waals surface area contributed by atoms with Gasteiger partial charge >= 0.3 is 0 Å². The van der Waals surface area contributed by atoms with Crippen LogP contribution in [0.1, 0.15) is 31.1 Å². The molecule has 33 heavy (non-hydrogen) atoms. The molecule has 0 radical (unpaired) electrons. The Labute approximate surface area is 196 Å². The standard InChI is InChI=1S/C24H25ClFN3O4/c1-24(2,3)20(30)23(33)28-8-9-29-19(12-28)21(31)27-18-7-4-13(10-16(18)22(29)32)15-6-5-14(25)11-17(15)26/h4-7,10-11,19-20,30H,8-9,12H2,1-3H3,(H,27,31)/t19?,20-/m1/s1. The van der Waals surface area contributed by atoms with Crippen LogP contribution >= 0.6 is 11.6 Å². The molecular formula is C24H25ClFN3O4. The first kappa shape index (κ1) is 23.2. The maximum atomic E-state index is 14.4. The summed E-state index contributed by atoms with van der Waals surface area (Å²) >= 11 is 5.84. The van der Waals surface area contributed by atoms with Crippen molar-refractivity contribution in [2.75, 3.05) is 25.0 Å². The van der Waals surface area contributed by atoms with Crippen LogP contribution in [0.15, 0.2) is 36.4 Å². The number of carbonyl (C=O) groups excluding carboxylic acids is 3. The highest BCUT2D eigenvalue weighted by Crippen LogP contribution is 2.32. The van der Waals surface area contributed by atoms with E-state index in [4.69, 9.17) is 11.6 Å². The molecule has 2 N–H and O–H groups in total. The summed E-state index contributed by atoms with van der Waals surface area (Å²) in [6.07, 6.45) is -1.22. The molecular weight excluding hydrogens is 449 g/mol. The molecule has 174 valence electrons. The normalized spacial score (nSPS) is 19.4. The Kier molecular flexibility index (Phi) is 5.92. The third kappa shape index (κ3) is 4.32. The molecule has 0 bridgehead atoms. The molecule has 2 aromatic carbocycles. The van der Waals surface area contributed by atoms with E-state index in [1.165, 1.54) is 21.9 Å². The summed E-state index contributed by atoms with van der Waals surface area (Å²) in [5.74, 6) is -1.79. The third-order valence-corrected chi connectivity index (χ3v) is 6.29. The lowest BCUT2D eigenvalue weighted by atomic mass is 9.88. The smallest absolute Gasteiger partial charge is 0.256 e. The fourth-order valence-electron chi connectivity index (χ4n) is 4.09. The Balaban J connectivity index is 1.63. The van der Waals surface area contributed by atoms with Crippen LogP contribution in [-0.2, 0) is 9.59 Å². The zero-order chi connectivity index (χ0) is 24.1. The fraction of sp³-hybridized carbons (Fsp3) is 0.375. The molecule has 2 aromatic rings. The number of aliphatic hydroxyl groups is 1. The number of hydrogen-bond acceptors (Lipinski definition) is 4. The number of rotatable bonds is 2. The van der Waals surface area contributed by atoms with Gasteiger partial charge in [0.15, 0.2) is 0 Å². The minimum absolute atomic E-state index is 0.0177. The molecule has 3 amide bonds. The van der Waals surface area contributed by atoms with E-state index >= 15 is 0 Å². The minimum atomic E-state index is -1.22. The lowest BCUT2D eigenvalue weighted by Gasteiger charge is -2.41. The van der Waals surface area contributed by atoms with Gasteiger partial charge < -0.3 is 20.2 Å². The van der Waals surface area contributed by atoms with E-state index in [9.17, 15) is 23.9 Å². The van der Waals surface area contributed by atoms with Crippen molar-refractivity contribution in [3.8, 4) is 11.1 Å². The van der Waals surface area contributed by atoms with Crippen LogP contribution in [0.4, 0.5) is 10.1 Å². The van der Waals surface area contributed by atoms with E-state index < -0.39 is 35.2 Å². The molecule has 2 aliphatic rings. The second-order valence-electron chi connectivity index (χ2n) is 9.44. The first-order valence-electron chi connectivity index (χ1n) is 10.7. The second-order valence-corrected chi connectivity index (χ2v) is 9.88. The number of piperazine rings is 1. The number of nitrogens with one attached hydrogen (secondary N) is 1. The van der Waals surface area contributed by atoms with Crippen LogP contribution in [0.5, 0.6) is 0 Å². The average Bonchev–Trinajstić information content (AvgIpc) is 2.86. The number of hydrogen-bond donors (Lipinski definition) is 2. The van der Waals surface area contributed by atoms with Gasteiger partial charge in [-0.25, -0.2) is 4.39 Å². The predicted octanol–water partition coefficient (Wildman–Crippen LogP) is 3.16. The molecule has 0 aliphatic carbocycles. The summed E-state index contributed by atoms with van der Waals surface area (Å²) in [5.41, 5.74) is 0.677. The van der Waals surface area contributed by atoms with Gasteiger partial charge in [-0.3, -0.25) is 14.4 Å². The van der Waals surface area contributed by atoms with Gasteiger partial charge in [-0.05, 0) is 41.3 Å². The Morgan fingerprint density at radius 3 is 2.55 bits per heavy atom. The van der Waals surface area contributed by atoms with Crippen LogP contribution in [0, 0.1) is 11.2 Å². The van der Waals surface area contributed by atoms with Gasteiger partial charge in [0, 0.05) is 23.7 Å². The zero-order valence-electron chi connectivity index (χ0n) is 18.6. The lowest BCUT2D eigenvalue weighted by Crippen LogP contribution is -2.61. The van der Waals surface area contributed by atoms with Crippen LogP contribution in [0.3, 0.4) is 0 Å². The fourth-order valence-corrected chi connectivity index (χ4v) is 4.24. The van der Waals surface area contributed by atoms with E-state index in [0.717, 1.165) is 0 Å². The first-order chi connectivity index (χ1) is 15.5. The van der Waals surface area contributed by atoms with Crippen LogP contribution in [-0.4, -0.2) is 64.4 Å². The predicted molar refractivity (Wildman–Crippen MR) is 122 cm³/mol. The van der Waals surface area contributed by atoms with Gasteiger partial charge in [-0.1, -0.05) is 38.4 Å². The van der Waals surface area contributed by atoms with Gasteiger partial charge in [-0.15, -0.1) is 0 Å². The molecule has 1 saturated heterocycles. The van der Waals surface area contributed by atoms with E-state index in [2.05, 4.69) is 5.32 Å². The minimum Gasteiger partial charge on any atom is -0.383 e. The van der Waals surface area contributed by atoms with Crippen molar-refractivity contribution in [2.24, 2.45) is 5.41 Å². The monoisotopic (exact) mass is 473 g/mol. The average molecular weight is 474 g/mol. The summed E-state index contributed by atoms with van der Waals surface area (Å²) in [4.78, 5) is 41.9. The van der Waals surface area contributed by atoms with Crippen molar-refractivity contribution in [3.05, 3.63) is 52.8 Å². The lowest BCUT2D eigenvalue weighted by molar-refractivity contribution is -0.149. The van der Waals surface area contributed by atoms with Gasteiger partial charge in [0.25, 0.3) is 11.8 Å². The topological polar surface area (TPSA) is 89.9 Å². The molecule has 1 fully saturated rings. The number of carbonyl (C=O) groups is 3. The number of benzene rings is 2. The SMILES string of the molecule is CC(C)(C)[C@H](O)C(=O)N1CCN2C(=O)c3cc(-c4ccc(Cl)cc4F)ccc3NC(=O)C2C1. The number of aliphatic hydroxyl groups excluding tert-OH is 1. The van der Waals surface area contributed by atoms with Crippen molar-refractivity contribution in [2.45, 2.75) is 32.9 Å². The van der Waals surface area contributed by atoms with E-state index in [0.29, 0.717) is 11.3 Å². The van der Waals surface area contributed by atoms with Crippen molar-refractivity contribution in [3.63, 3.8) is 0 Å². The van der Waals surface area contributed by atoms with Crippen LogP contribution in [0.2, 0.25) is 5.02 Å². The molecule has 2 atom stereocenters. The molecule has 4 rings (SSSR count). The van der Waals surface area contributed by atoms with E-state index in [1.807, 2.05) is 0 Å². The molecule has 0 spiro atoms. The van der Waals surface area contributed by atoms with Gasteiger partial charge in [0.1, 0.15) is 18.0 Å². The highest BCUT2D eigenvalue weighted by atomic mass is 35.5. The Morgan fingerprint density at radius 2 is 1.88 bits per heavy atom. The summed E-state index contributed by atoms with van der Waals surface area (Å²) in [7, 11) is 0.